The van der Waals surface area contributed by atoms with Gasteiger partial charge in [0.05, 0.1) is 5.92 Å². The average molecular weight is 365 g/mol. The van der Waals surface area contributed by atoms with Gasteiger partial charge in [-0.1, -0.05) is 61.9 Å². The van der Waals surface area contributed by atoms with Gasteiger partial charge in [-0.3, -0.25) is 9.59 Å². The molecule has 0 aliphatic carbocycles. The lowest BCUT2D eigenvalue weighted by molar-refractivity contribution is -0.149. The number of benzene rings is 2. The predicted octanol–water partition coefficient (Wildman–Crippen LogP) is 4.60. The number of carbonyl (C=O) groups is 2. The normalized spacial score (nSPS) is 17.8. The maximum absolute atomic E-state index is 12.6. The fraction of sp³-hybridized carbons (Fsp3) is 0.391. The number of rotatable bonds is 6. The Morgan fingerprint density at radius 3 is 2.59 bits per heavy atom. The molecule has 0 radical (unpaired) electrons. The second kappa shape index (κ2) is 8.38. The molecular weight excluding hydrogens is 338 g/mol. The van der Waals surface area contributed by atoms with E-state index in [1.807, 2.05) is 49.4 Å². The molecule has 4 heteroatoms. The van der Waals surface area contributed by atoms with Crippen LogP contribution in [-0.4, -0.2) is 18.4 Å². The van der Waals surface area contributed by atoms with E-state index in [-0.39, 0.29) is 24.9 Å². The molecule has 0 aromatic heterocycles. The molecule has 0 bridgehead atoms. The Labute approximate surface area is 161 Å². The van der Waals surface area contributed by atoms with Gasteiger partial charge in [0.2, 0.25) is 5.91 Å². The van der Waals surface area contributed by atoms with E-state index in [1.165, 1.54) is 5.56 Å². The summed E-state index contributed by atoms with van der Waals surface area (Å²) < 4.78 is 5.47. The number of para-hydroxylation sites is 1. The summed E-state index contributed by atoms with van der Waals surface area (Å²) in [4.78, 5) is 26.8. The molecule has 0 N–H and O–H groups in total. The second-order valence-corrected chi connectivity index (χ2v) is 7.37. The summed E-state index contributed by atoms with van der Waals surface area (Å²) in [5, 5.41) is 0. The zero-order valence-electron chi connectivity index (χ0n) is 16.3. The SMILES string of the molecule is CC[C@H](C)c1ccccc1N1C[C@H](C(=O)OCc2ccc(C)cc2)CC1=O. The largest absolute Gasteiger partial charge is 0.461 e. The summed E-state index contributed by atoms with van der Waals surface area (Å²) in [5.41, 5.74) is 4.20. The number of hydrogen-bond donors (Lipinski definition) is 0. The van der Waals surface area contributed by atoms with Crippen molar-refractivity contribution < 1.29 is 14.3 Å². The third kappa shape index (κ3) is 4.38. The third-order valence-electron chi connectivity index (χ3n) is 5.33. The van der Waals surface area contributed by atoms with Crippen LogP contribution in [0.2, 0.25) is 0 Å². The lowest BCUT2D eigenvalue weighted by Gasteiger charge is -2.23. The van der Waals surface area contributed by atoms with Crippen molar-refractivity contribution in [3.8, 4) is 0 Å². The highest BCUT2D eigenvalue weighted by Gasteiger charge is 2.37. The molecule has 1 aliphatic heterocycles. The lowest BCUT2D eigenvalue weighted by Crippen LogP contribution is -2.27. The van der Waals surface area contributed by atoms with Crippen LogP contribution in [0, 0.1) is 12.8 Å². The van der Waals surface area contributed by atoms with Gasteiger partial charge >= 0.3 is 5.97 Å². The summed E-state index contributed by atoms with van der Waals surface area (Å²) in [7, 11) is 0. The Kier molecular flexibility index (Phi) is 5.94. The zero-order chi connectivity index (χ0) is 19.4. The van der Waals surface area contributed by atoms with E-state index in [1.54, 1.807) is 4.90 Å². The smallest absolute Gasteiger partial charge is 0.311 e. The number of anilines is 1. The fourth-order valence-corrected chi connectivity index (χ4v) is 3.42. The predicted molar refractivity (Wildman–Crippen MR) is 107 cm³/mol. The van der Waals surface area contributed by atoms with Crippen LogP contribution in [0.4, 0.5) is 5.69 Å². The molecule has 2 atom stereocenters. The minimum absolute atomic E-state index is 0.0111. The molecule has 1 amide bonds. The summed E-state index contributed by atoms with van der Waals surface area (Å²) in [6.45, 7) is 6.95. The van der Waals surface area contributed by atoms with Crippen molar-refractivity contribution in [2.75, 3.05) is 11.4 Å². The molecule has 1 heterocycles. The van der Waals surface area contributed by atoms with Crippen molar-refractivity contribution >= 4 is 17.6 Å². The Bertz CT molecular complexity index is 813. The molecule has 1 aliphatic rings. The first-order valence-electron chi connectivity index (χ1n) is 9.61. The van der Waals surface area contributed by atoms with Crippen LogP contribution < -0.4 is 4.90 Å². The van der Waals surface area contributed by atoms with Crippen LogP contribution in [-0.2, 0) is 20.9 Å². The minimum atomic E-state index is -0.409. The molecule has 2 aromatic carbocycles. The van der Waals surface area contributed by atoms with Gasteiger partial charge in [-0.05, 0) is 36.5 Å². The summed E-state index contributed by atoms with van der Waals surface area (Å²) in [5.74, 6) is -0.357. The van der Waals surface area contributed by atoms with Gasteiger partial charge in [0.25, 0.3) is 0 Å². The molecule has 1 fully saturated rings. The van der Waals surface area contributed by atoms with Crippen LogP contribution in [0.1, 0.15) is 49.3 Å². The summed E-state index contributed by atoms with van der Waals surface area (Å²) >= 11 is 0. The fourth-order valence-electron chi connectivity index (χ4n) is 3.42. The van der Waals surface area contributed by atoms with Crippen LogP contribution in [0.25, 0.3) is 0 Å². The van der Waals surface area contributed by atoms with Crippen LogP contribution in [0.15, 0.2) is 48.5 Å². The van der Waals surface area contributed by atoms with E-state index in [2.05, 4.69) is 19.9 Å². The zero-order valence-corrected chi connectivity index (χ0v) is 16.3. The third-order valence-corrected chi connectivity index (χ3v) is 5.33. The molecule has 0 unspecified atom stereocenters. The van der Waals surface area contributed by atoms with Crippen molar-refractivity contribution in [2.24, 2.45) is 5.92 Å². The Morgan fingerprint density at radius 2 is 1.89 bits per heavy atom. The maximum Gasteiger partial charge on any atom is 0.311 e. The highest BCUT2D eigenvalue weighted by atomic mass is 16.5. The highest BCUT2D eigenvalue weighted by molar-refractivity contribution is 6.00. The van der Waals surface area contributed by atoms with E-state index in [0.29, 0.717) is 12.5 Å². The van der Waals surface area contributed by atoms with E-state index >= 15 is 0 Å². The average Bonchev–Trinajstić information content (AvgIpc) is 3.08. The molecule has 142 valence electrons. The molecule has 0 spiro atoms. The van der Waals surface area contributed by atoms with E-state index in [9.17, 15) is 9.59 Å². The second-order valence-electron chi connectivity index (χ2n) is 7.37. The number of nitrogens with zero attached hydrogens (tertiary/aromatic N) is 1. The number of carbonyl (C=O) groups excluding carboxylic acids is 2. The van der Waals surface area contributed by atoms with Gasteiger partial charge in [0.15, 0.2) is 0 Å². The number of ether oxygens (including phenoxy) is 1. The quantitative estimate of drug-likeness (QED) is 0.703. The van der Waals surface area contributed by atoms with E-state index < -0.39 is 5.92 Å². The van der Waals surface area contributed by atoms with Crippen molar-refractivity contribution in [1.82, 2.24) is 0 Å². The van der Waals surface area contributed by atoms with Crippen molar-refractivity contribution in [3.05, 3.63) is 65.2 Å². The standard InChI is InChI=1S/C23H27NO3/c1-4-17(3)20-7-5-6-8-21(20)24-14-19(13-22(24)25)23(26)27-15-18-11-9-16(2)10-12-18/h5-12,17,19H,4,13-15H2,1-3H3/t17-,19+/m0/s1. The number of aryl methyl sites for hydroxylation is 1. The minimum Gasteiger partial charge on any atom is -0.461 e. The number of hydrogen-bond acceptors (Lipinski definition) is 3. The number of esters is 1. The topological polar surface area (TPSA) is 46.6 Å². The van der Waals surface area contributed by atoms with Gasteiger partial charge in [-0.25, -0.2) is 0 Å². The summed E-state index contributed by atoms with van der Waals surface area (Å²) in [6, 6.07) is 15.9. The lowest BCUT2D eigenvalue weighted by atomic mass is 9.96. The van der Waals surface area contributed by atoms with E-state index in [0.717, 1.165) is 23.2 Å². The van der Waals surface area contributed by atoms with E-state index in [4.69, 9.17) is 4.74 Å². The maximum atomic E-state index is 12.6. The molecule has 4 nitrogen and oxygen atoms in total. The van der Waals surface area contributed by atoms with Crippen molar-refractivity contribution in [3.63, 3.8) is 0 Å². The van der Waals surface area contributed by atoms with Crippen molar-refractivity contribution in [1.29, 1.82) is 0 Å². The van der Waals surface area contributed by atoms with Gasteiger partial charge in [-0.2, -0.15) is 0 Å². The van der Waals surface area contributed by atoms with Gasteiger partial charge in [-0.15, -0.1) is 0 Å². The van der Waals surface area contributed by atoms with Gasteiger partial charge < -0.3 is 9.64 Å². The molecule has 2 aromatic rings. The molecule has 0 saturated carbocycles. The first kappa shape index (κ1) is 19.2. The summed E-state index contributed by atoms with van der Waals surface area (Å²) in [6.07, 6.45) is 1.21. The first-order valence-corrected chi connectivity index (χ1v) is 9.61. The monoisotopic (exact) mass is 365 g/mol. The Balaban J connectivity index is 1.67. The highest BCUT2D eigenvalue weighted by Crippen LogP contribution is 2.33. The molecule has 3 rings (SSSR count). The first-order chi connectivity index (χ1) is 13.0. The van der Waals surface area contributed by atoms with Crippen LogP contribution in [0.5, 0.6) is 0 Å². The Hall–Kier alpha value is -2.62. The van der Waals surface area contributed by atoms with Crippen LogP contribution >= 0.6 is 0 Å². The number of amides is 1. The molecular formula is C23H27NO3. The van der Waals surface area contributed by atoms with Gasteiger partial charge in [0, 0.05) is 18.7 Å². The molecule has 27 heavy (non-hydrogen) atoms. The van der Waals surface area contributed by atoms with Gasteiger partial charge in [0.1, 0.15) is 6.61 Å². The van der Waals surface area contributed by atoms with Crippen LogP contribution in [0.3, 0.4) is 0 Å². The van der Waals surface area contributed by atoms with Crippen molar-refractivity contribution in [2.45, 2.75) is 46.1 Å². The molecule has 1 saturated heterocycles. The Morgan fingerprint density at radius 1 is 1.19 bits per heavy atom.